The van der Waals surface area contributed by atoms with Crippen LogP contribution in [0.5, 0.6) is 0 Å². The first-order valence-corrected chi connectivity index (χ1v) is 6.20. The van der Waals surface area contributed by atoms with E-state index < -0.39 is 0 Å². The molecule has 0 saturated heterocycles. The van der Waals surface area contributed by atoms with Gasteiger partial charge in [-0.3, -0.25) is 4.79 Å². The summed E-state index contributed by atoms with van der Waals surface area (Å²) >= 11 is 0. The lowest BCUT2D eigenvalue weighted by Crippen LogP contribution is -2.27. The van der Waals surface area contributed by atoms with Crippen LogP contribution in [0.3, 0.4) is 0 Å². The molecule has 5 heteroatoms. The normalized spacial score (nSPS) is 11.8. The van der Waals surface area contributed by atoms with Crippen molar-refractivity contribution in [1.82, 2.24) is 15.2 Å². The van der Waals surface area contributed by atoms with Crippen LogP contribution in [-0.2, 0) is 11.3 Å². The van der Waals surface area contributed by atoms with Gasteiger partial charge in [0.05, 0.1) is 12.5 Å². The van der Waals surface area contributed by atoms with E-state index in [1.807, 2.05) is 29.1 Å². The minimum absolute atomic E-state index is 0.0662. The minimum Gasteiger partial charge on any atom is -0.354 e. The molecule has 1 atom stereocenters. The van der Waals surface area contributed by atoms with Gasteiger partial charge in [-0.15, -0.1) is 0 Å². The molecule has 0 saturated carbocycles. The molecule has 0 aliphatic rings. The number of nitrogens with zero attached hydrogens (tertiary/aromatic N) is 2. The Kier molecular flexibility index (Phi) is 5.95. The maximum absolute atomic E-state index is 11.5. The molecule has 0 spiro atoms. The molecule has 1 amide bonds. The number of carbonyl (C=O) groups excluding carboxylic acids is 1. The number of amides is 1. The molecule has 1 aromatic rings. The second-order valence-corrected chi connectivity index (χ2v) is 4.15. The smallest absolute Gasteiger partial charge is 0.239 e. The maximum atomic E-state index is 11.5. The first-order chi connectivity index (χ1) is 8.67. The highest BCUT2D eigenvalue weighted by Gasteiger charge is 2.07. The highest BCUT2D eigenvalue weighted by atomic mass is 16.1. The highest BCUT2D eigenvalue weighted by molar-refractivity contribution is 5.75. The molecule has 1 unspecified atom stereocenters. The number of nitriles is 1. The predicted molar refractivity (Wildman–Crippen MR) is 69.8 cm³/mol. The van der Waals surface area contributed by atoms with E-state index in [1.165, 1.54) is 5.56 Å². The summed E-state index contributed by atoms with van der Waals surface area (Å²) in [7, 11) is 0. The van der Waals surface area contributed by atoms with E-state index in [-0.39, 0.29) is 11.9 Å². The van der Waals surface area contributed by atoms with Crippen LogP contribution >= 0.6 is 0 Å². The van der Waals surface area contributed by atoms with Gasteiger partial charge >= 0.3 is 0 Å². The van der Waals surface area contributed by atoms with E-state index in [9.17, 15) is 4.79 Å². The highest BCUT2D eigenvalue weighted by Crippen LogP contribution is 2.12. The van der Waals surface area contributed by atoms with E-state index in [4.69, 9.17) is 5.26 Å². The summed E-state index contributed by atoms with van der Waals surface area (Å²) in [6.07, 6.45) is 4.21. The van der Waals surface area contributed by atoms with E-state index >= 15 is 0 Å². The van der Waals surface area contributed by atoms with E-state index in [1.54, 1.807) is 0 Å². The number of hydrogen-bond acceptors (Lipinski definition) is 3. The summed E-state index contributed by atoms with van der Waals surface area (Å²) in [5.74, 6) is -0.0662. The van der Waals surface area contributed by atoms with Crippen molar-refractivity contribution in [3.63, 3.8) is 0 Å². The molecule has 0 aromatic carbocycles. The quantitative estimate of drug-likeness (QED) is 0.712. The van der Waals surface area contributed by atoms with Gasteiger partial charge in [0.25, 0.3) is 0 Å². The van der Waals surface area contributed by atoms with E-state index in [0.717, 1.165) is 6.54 Å². The van der Waals surface area contributed by atoms with Gasteiger partial charge < -0.3 is 15.2 Å². The van der Waals surface area contributed by atoms with Crippen molar-refractivity contribution in [2.45, 2.75) is 32.9 Å². The largest absolute Gasteiger partial charge is 0.354 e. The lowest BCUT2D eigenvalue weighted by molar-refractivity contribution is -0.121. The summed E-state index contributed by atoms with van der Waals surface area (Å²) in [6, 6.07) is 4.29. The summed E-state index contributed by atoms with van der Waals surface area (Å²) in [5, 5.41) is 14.4. The third-order valence-corrected chi connectivity index (χ3v) is 2.67. The second-order valence-electron chi connectivity index (χ2n) is 4.15. The van der Waals surface area contributed by atoms with Crippen LogP contribution in [0.25, 0.3) is 0 Å². The zero-order valence-electron chi connectivity index (χ0n) is 10.9. The lowest BCUT2D eigenvalue weighted by Gasteiger charge is -2.09. The van der Waals surface area contributed by atoms with Gasteiger partial charge in [0.2, 0.25) is 5.91 Å². The molecule has 1 aromatic heterocycles. The van der Waals surface area contributed by atoms with Crippen LogP contribution in [0, 0.1) is 11.3 Å². The Labute approximate surface area is 108 Å². The van der Waals surface area contributed by atoms with Crippen LogP contribution in [0.2, 0.25) is 0 Å². The SMILES string of the molecule is CCNC(C)c1ccn(CC(=O)NCCC#N)c1. The first kappa shape index (κ1) is 14.3. The average molecular weight is 248 g/mol. The predicted octanol–water partition coefficient (Wildman–Crippen LogP) is 1.19. The van der Waals surface area contributed by atoms with Gasteiger partial charge in [0.15, 0.2) is 0 Å². The summed E-state index contributed by atoms with van der Waals surface area (Å²) < 4.78 is 1.85. The fraction of sp³-hybridized carbons (Fsp3) is 0.538. The molecule has 0 aliphatic heterocycles. The Morgan fingerprint density at radius 1 is 1.61 bits per heavy atom. The van der Waals surface area contributed by atoms with Crippen molar-refractivity contribution in [3.05, 3.63) is 24.0 Å². The van der Waals surface area contributed by atoms with Gasteiger partial charge in [-0.2, -0.15) is 5.26 Å². The van der Waals surface area contributed by atoms with Crippen LogP contribution in [-0.4, -0.2) is 23.6 Å². The zero-order chi connectivity index (χ0) is 13.4. The number of nitrogens with one attached hydrogen (secondary N) is 2. The Bertz CT molecular complexity index is 419. The summed E-state index contributed by atoms with van der Waals surface area (Å²) in [6.45, 7) is 5.79. The van der Waals surface area contributed by atoms with Crippen molar-refractivity contribution < 1.29 is 4.79 Å². The van der Waals surface area contributed by atoms with Crippen LogP contribution in [0.4, 0.5) is 0 Å². The molecule has 0 fully saturated rings. The molecule has 1 heterocycles. The Morgan fingerprint density at radius 2 is 2.39 bits per heavy atom. The van der Waals surface area contributed by atoms with Crippen molar-refractivity contribution >= 4 is 5.91 Å². The molecular formula is C13H20N4O. The standard InChI is InChI=1S/C13H20N4O/c1-3-15-11(2)12-5-8-17(9-12)10-13(18)16-7-4-6-14/h5,8-9,11,15H,3-4,7,10H2,1-2H3,(H,16,18). The molecule has 0 bridgehead atoms. The van der Waals surface area contributed by atoms with Gasteiger partial charge in [-0.05, 0) is 25.1 Å². The Morgan fingerprint density at radius 3 is 3.06 bits per heavy atom. The number of aromatic nitrogens is 1. The molecular weight excluding hydrogens is 228 g/mol. The molecule has 0 aliphatic carbocycles. The van der Waals surface area contributed by atoms with Crippen molar-refractivity contribution in [2.75, 3.05) is 13.1 Å². The van der Waals surface area contributed by atoms with Gasteiger partial charge in [-0.1, -0.05) is 6.92 Å². The topological polar surface area (TPSA) is 69.8 Å². The third-order valence-electron chi connectivity index (χ3n) is 2.67. The van der Waals surface area contributed by atoms with Crippen molar-refractivity contribution in [2.24, 2.45) is 0 Å². The van der Waals surface area contributed by atoms with E-state index in [0.29, 0.717) is 19.5 Å². The number of rotatable bonds is 7. The molecule has 0 radical (unpaired) electrons. The Hall–Kier alpha value is -1.80. The summed E-state index contributed by atoms with van der Waals surface area (Å²) in [5.41, 5.74) is 1.17. The minimum atomic E-state index is -0.0662. The number of carbonyl (C=O) groups is 1. The van der Waals surface area contributed by atoms with E-state index in [2.05, 4.69) is 24.5 Å². The molecule has 98 valence electrons. The average Bonchev–Trinajstić information content (AvgIpc) is 2.78. The third kappa shape index (κ3) is 4.60. The summed E-state index contributed by atoms with van der Waals surface area (Å²) in [4.78, 5) is 11.5. The fourth-order valence-corrected chi connectivity index (χ4v) is 1.72. The Balaban J connectivity index is 2.44. The van der Waals surface area contributed by atoms with Crippen molar-refractivity contribution in [1.29, 1.82) is 5.26 Å². The maximum Gasteiger partial charge on any atom is 0.239 e. The fourth-order valence-electron chi connectivity index (χ4n) is 1.72. The molecule has 18 heavy (non-hydrogen) atoms. The van der Waals surface area contributed by atoms with Gasteiger partial charge in [0, 0.05) is 25.0 Å². The van der Waals surface area contributed by atoms with Gasteiger partial charge in [-0.25, -0.2) is 0 Å². The zero-order valence-corrected chi connectivity index (χ0v) is 10.9. The molecule has 1 rings (SSSR count). The first-order valence-electron chi connectivity index (χ1n) is 6.20. The van der Waals surface area contributed by atoms with Crippen LogP contribution < -0.4 is 10.6 Å². The molecule has 5 nitrogen and oxygen atoms in total. The monoisotopic (exact) mass is 248 g/mol. The van der Waals surface area contributed by atoms with Crippen molar-refractivity contribution in [3.8, 4) is 6.07 Å². The van der Waals surface area contributed by atoms with Crippen LogP contribution in [0.1, 0.15) is 31.9 Å². The second kappa shape index (κ2) is 7.51. The van der Waals surface area contributed by atoms with Gasteiger partial charge in [0.1, 0.15) is 6.54 Å². The lowest BCUT2D eigenvalue weighted by atomic mass is 10.2. The van der Waals surface area contributed by atoms with Crippen LogP contribution in [0.15, 0.2) is 18.5 Å². The molecule has 2 N–H and O–H groups in total. The number of hydrogen-bond donors (Lipinski definition) is 2.